The van der Waals surface area contributed by atoms with Crippen molar-refractivity contribution in [2.75, 3.05) is 6.54 Å². The molecule has 1 aliphatic heterocycles. The highest BCUT2D eigenvalue weighted by Gasteiger charge is 2.41. The van der Waals surface area contributed by atoms with Crippen LogP contribution in [0.15, 0.2) is 97.6 Å². The second-order valence-electron chi connectivity index (χ2n) is 9.23. The molecule has 3 aromatic carbocycles. The number of H-pyrrole nitrogens is 1. The van der Waals surface area contributed by atoms with Crippen LogP contribution in [0.1, 0.15) is 39.6 Å². The summed E-state index contributed by atoms with van der Waals surface area (Å²) in [6.07, 6.45) is 6.30. The van der Waals surface area contributed by atoms with Crippen molar-refractivity contribution in [2.45, 2.75) is 25.6 Å². The average molecular weight is 524 g/mol. The Morgan fingerprint density at radius 2 is 1.74 bits per heavy atom. The van der Waals surface area contributed by atoms with Gasteiger partial charge in [-0.25, -0.2) is 4.98 Å². The minimum absolute atomic E-state index is 0.0376. The summed E-state index contributed by atoms with van der Waals surface area (Å²) in [4.78, 5) is 19.6. The molecule has 1 atom stereocenters. The number of carbonyl (C=O) groups excluding carboxylic acids is 1. The molecule has 1 N–H and O–H groups in total. The third-order valence-electron chi connectivity index (χ3n) is 6.83. The van der Waals surface area contributed by atoms with Gasteiger partial charge >= 0.3 is 0 Å². The van der Waals surface area contributed by atoms with Crippen LogP contribution in [0.2, 0.25) is 5.02 Å². The molecule has 0 spiro atoms. The van der Waals surface area contributed by atoms with Gasteiger partial charge in [-0.15, -0.1) is 0 Å². The van der Waals surface area contributed by atoms with E-state index in [2.05, 4.69) is 15.2 Å². The molecule has 7 nitrogen and oxygen atoms in total. The third-order valence-corrected chi connectivity index (χ3v) is 7.20. The molecule has 1 unspecified atom stereocenters. The van der Waals surface area contributed by atoms with Crippen molar-refractivity contribution < 1.29 is 9.53 Å². The lowest BCUT2D eigenvalue weighted by Crippen LogP contribution is -2.31. The van der Waals surface area contributed by atoms with Gasteiger partial charge in [0.1, 0.15) is 18.1 Å². The molecule has 0 aliphatic carbocycles. The number of imidazole rings is 1. The number of nitrogens with zero attached hydrogens (tertiary/aromatic N) is 4. The topological polar surface area (TPSA) is 76.0 Å². The van der Waals surface area contributed by atoms with Crippen molar-refractivity contribution >= 4 is 17.5 Å². The zero-order valence-electron chi connectivity index (χ0n) is 20.6. The summed E-state index contributed by atoms with van der Waals surface area (Å²) in [5.74, 6) is 0.699. The monoisotopic (exact) mass is 523 g/mol. The fraction of sp³-hybridized carbons (Fsp3) is 0.167. The van der Waals surface area contributed by atoms with E-state index in [1.807, 2.05) is 94.5 Å². The van der Waals surface area contributed by atoms with Gasteiger partial charge in [0.15, 0.2) is 0 Å². The molecule has 0 saturated heterocycles. The first kappa shape index (κ1) is 24.0. The van der Waals surface area contributed by atoms with Gasteiger partial charge in [-0.05, 0) is 30.2 Å². The Hall–Kier alpha value is -4.36. The van der Waals surface area contributed by atoms with E-state index < -0.39 is 0 Å². The summed E-state index contributed by atoms with van der Waals surface area (Å²) < 4.78 is 8.02. The molecule has 190 valence electrons. The molecule has 38 heavy (non-hydrogen) atoms. The van der Waals surface area contributed by atoms with Gasteiger partial charge in [0.25, 0.3) is 5.91 Å². The maximum atomic E-state index is 13.6. The maximum Gasteiger partial charge on any atom is 0.273 e. The van der Waals surface area contributed by atoms with Crippen LogP contribution in [0, 0.1) is 0 Å². The van der Waals surface area contributed by atoms with Gasteiger partial charge in [-0.3, -0.25) is 9.89 Å². The predicted molar refractivity (Wildman–Crippen MR) is 146 cm³/mol. The SMILES string of the molecule is O=C1c2[nH]nc(-c3ccccc3)c2C(c2ccc(OCc3ccccc3Cl)cc2)N1CCCn1ccnc1. The molecule has 8 heteroatoms. The molecular weight excluding hydrogens is 498 g/mol. The van der Waals surface area contributed by atoms with E-state index in [1.54, 1.807) is 12.5 Å². The van der Waals surface area contributed by atoms with Crippen LogP contribution in [0.25, 0.3) is 11.3 Å². The smallest absolute Gasteiger partial charge is 0.273 e. The number of aromatic nitrogens is 4. The summed E-state index contributed by atoms with van der Waals surface area (Å²) in [5.41, 5.74) is 5.17. The molecule has 3 heterocycles. The summed E-state index contributed by atoms with van der Waals surface area (Å²) in [6, 6.07) is 25.3. The van der Waals surface area contributed by atoms with Gasteiger partial charge in [-0.2, -0.15) is 5.10 Å². The molecule has 6 rings (SSSR count). The predicted octanol–water partition coefficient (Wildman–Crippen LogP) is 6.14. The number of amides is 1. The first-order chi connectivity index (χ1) is 18.7. The standard InChI is InChI=1S/C30H26ClN5O2/c31-25-10-5-4-9-23(25)19-38-24-13-11-22(12-14-24)29-26-27(21-7-2-1-3-8-21)33-34-28(26)30(37)36(29)17-6-16-35-18-15-32-20-35/h1-5,7-15,18,20,29H,6,16-17,19H2,(H,33,34). The Labute approximate surface area is 225 Å². The van der Waals surface area contributed by atoms with E-state index in [4.69, 9.17) is 16.3 Å². The molecule has 1 amide bonds. The van der Waals surface area contributed by atoms with Gasteiger partial charge in [0.2, 0.25) is 0 Å². The zero-order valence-corrected chi connectivity index (χ0v) is 21.4. The number of rotatable bonds is 9. The Bertz CT molecular complexity index is 1530. The van der Waals surface area contributed by atoms with Crippen LogP contribution >= 0.6 is 11.6 Å². The third kappa shape index (κ3) is 4.68. The van der Waals surface area contributed by atoms with Crippen LogP contribution in [0.5, 0.6) is 5.75 Å². The minimum Gasteiger partial charge on any atom is -0.489 e. The molecule has 0 bridgehead atoms. The molecule has 0 radical (unpaired) electrons. The number of aromatic amines is 1. The Morgan fingerprint density at radius 1 is 0.947 bits per heavy atom. The van der Waals surface area contributed by atoms with Gasteiger partial charge in [-0.1, -0.05) is 72.3 Å². The largest absolute Gasteiger partial charge is 0.489 e. The second-order valence-corrected chi connectivity index (χ2v) is 9.64. The van der Waals surface area contributed by atoms with Crippen LogP contribution in [-0.2, 0) is 13.2 Å². The van der Waals surface area contributed by atoms with E-state index in [9.17, 15) is 4.79 Å². The van der Waals surface area contributed by atoms with Crippen molar-refractivity contribution in [3.8, 4) is 17.0 Å². The fourth-order valence-corrected chi connectivity index (χ4v) is 5.15. The number of hydrogen-bond acceptors (Lipinski definition) is 4. The number of fused-ring (bicyclic) bond motifs is 1. The molecular formula is C30H26ClN5O2. The van der Waals surface area contributed by atoms with E-state index in [-0.39, 0.29) is 11.9 Å². The number of halogens is 1. The van der Waals surface area contributed by atoms with Crippen LogP contribution in [0.4, 0.5) is 0 Å². The highest BCUT2D eigenvalue weighted by molar-refractivity contribution is 6.31. The minimum atomic E-state index is -0.258. The Balaban J connectivity index is 1.29. The zero-order chi connectivity index (χ0) is 25.9. The quantitative estimate of drug-likeness (QED) is 0.252. The molecule has 1 aliphatic rings. The van der Waals surface area contributed by atoms with Crippen molar-refractivity contribution in [1.82, 2.24) is 24.6 Å². The van der Waals surface area contributed by atoms with E-state index >= 15 is 0 Å². The molecule has 5 aromatic rings. The van der Waals surface area contributed by atoms with Gasteiger partial charge in [0.05, 0.1) is 18.1 Å². The van der Waals surface area contributed by atoms with E-state index in [0.29, 0.717) is 23.9 Å². The summed E-state index contributed by atoms with van der Waals surface area (Å²) in [5, 5.41) is 8.27. The highest BCUT2D eigenvalue weighted by Crippen LogP contribution is 2.43. The van der Waals surface area contributed by atoms with Gasteiger partial charge in [0, 0.05) is 47.2 Å². The number of aryl methyl sites for hydroxylation is 1. The second kappa shape index (κ2) is 10.6. The van der Waals surface area contributed by atoms with Crippen LogP contribution < -0.4 is 4.74 Å². The first-order valence-corrected chi connectivity index (χ1v) is 12.9. The molecule has 2 aromatic heterocycles. The number of carbonyl (C=O) groups is 1. The summed E-state index contributed by atoms with van der Waals surface area (Å²) >= 11 is 6.28. The van der Waals surface area contributed by atoms with Crippen LogP contribution in [0.3, 0.4) is 0 Å². The lowest BCUT2D eigenvalue weighted by molar-refractivity contribution is 0.0739. The fourth-order valence-electron chi connectivity index (χ4n) is 4.96. The normalized spacial score (nSPS) is 14.6. The van der Waals surface area contributed by atoms with Crippen molar-refractivity contribution in [3.05, 3.63) is 125 Å². The number of nitrogens with one attached hydrogen (secondary N) is 1. The number of benzene rings is 3. The molecule has 0 fully saturated rings. The van der Waals surface area contributed by atoms with Crippen molar-refractivity contribution in [3.63, 3.8) is 0 Å². The number of ether oxygens (including phenoxy) is 1. The van der Waals surface area contributed by atoms with E-state index in [1.165, 1.54) is 0 Å². The molecule has 0 saturated carbocycles. The lowest BCUT2D eigenvalue weighted by atomic mass is 9.96. The summed E-state index contributed by atoms with van der Waals surface area (Å²) in [7, 11) is 0. The van der Waals surface area contributed by atoms with Gasteiger partial charge < -0.3 is 14.2 Å². The summed E-state index contributed by atoms with van der Waals surface area (Å²) in [6.45, 7) is 1.76. The first-order valence-electron chi connectivity index (χ1n) is 12.6. The highest BCUT2D eigenvalue weighted by atomic mass is 35.5. The average Bonchev–Trinajstić information content (AvgIpc) is 3.68. The van der Waals surface area contributed by atoms with Crippen LogP contribution in [-0.4, -0.2) is 37.1 Å². The number of hydrogen-bond donors (Lipinski definition) is 1. The van der Waals surface area contributed by atoms with Crippen molar-refractivity contribution in [1.29, 1.82) is 0 Å². The maximum absolute atomic E-state index is 13.6. The van der Waals surface area contributed by atoms with E-state index in [0.717, 1.165) is 46.7 Å². The Kier molecular flexibility index (Phi) is 6.67. The van der Waals surface area contributed by atoms with Crippen molar-refractivity contribution in [2.24, 2.45) is 0 Å². The Morgan fingerprint density at radius 3 is 2.50 bits per heavy atom. The lowest BCUT2D eigenvalue weighted by Gasteiger charge is -2.26.